The van der Waals surface area contributed by atoms with Crippen LogP contribution in [0.1, 0.15) is 5.56 Å². The van der Waals surface area contributed by atoms with Crippen LogP contribution in [0.5, 0.6) is 0 Å². The van der Waals surface area contributed by atoms with Gasteiger partial charge in [-0.15, -0.1) is 24.8 Å². The van der Waals surface area contributed by atoms with Crippen LogP contribution in [-0.2, 0) is 21.3 Å². The van der Waals surface area contributed by atoms with Crippen LogP contribution in [0.4, 0.5) is 0 Å². The molecule has 0 radical (unpaired) electrons. The van der Waals surface area contributed by atoms with Crippen molar-refractivity contribution in [2.24, 2.45) is 5.14 Å². The highest BCUT2D eigenvalue weighted by molar-refractivity contribution is 7.89. The number of rotatable bonds is 4. The summed E-state index contributed by atoms with van der Waals surface area (Å²) in [4.78, 5) is 2.53. The first-order valence-electron chi connectivity index (χ1n) is 8.96. The Morgan fingerprint density at radius 1 is 0.897 bits per heavy atom. The molecule has 3 aromatic carbocycles. The summed E-state index contributed by atoms with van der Waals surface area (Å²) in [6.07, 6.45) is 0. The third kappa shape index (κ3) is 5.28. The number of nitrogens with two attached hydrogens (primary N) is 1. The Morgan fingerprint density at radius 2 is 1.55 bits per heavy atom. The van der Waals surface area contributed by atoms with Crippen LogP contribution in [0.15, 0.2) is 65.6 Å². The average Bonchev–Trinajstić information content (AvgIpc) is 2.68. The largest absolute Gasteiger partial charge is 0.379 e. The Labute approximate surface area is 183 Å². The van der Waals surface area contributed by atoms with Crippen molar-refractivity contribution in [1.29, 1.82) is 0 Å². The molecular weight excluding hydrogens is 431 g/mol. The van der Waals surface area contributed by atoms with Gasteiger partial charge in [0, 0.05) is 30.6 Å². The van der Waals surface area contributed by atoms with Crippen molar-refractivity contribution in [3.63, 3.8) is 0 Å². The summed E-state index contributed by atoms with van der Waals surface area (Å²) >= 11 is 0. The molecule has 29 heavy (non-hydrogen) atoms. The monoisotopic (exact) mass is 454 g/mol. The van der Waals surface area contributed by atoms with E-state index < -0.39 is 10.0 Å². The Bertz CT molecular complexity index is 1070. The van der Waals surface area contributed by atoms with Crippen LogP contribution >= 0.6 is 24.8 Å². The van der Waals surface area contributed by atoms with Gasteiger partial charge in [-0.1, -0.05) is 60.7 Å². The van der Waals surface area contributed by atoms with E-state index in [1.807, 2.05) is 54.6 Å². The summed E-state index contributed by atoms with van der Waals surface area (Å²) in [7, 11) is -3.86. The quantitative estimate of drug-likeness (QED) is 0.649. The van der Waals surface area contributed by atoms with Gasteiger partial charge in [0.2, 0.25) is 10.0 Å². The normalized spacial score (nSPS) is 14.8. The van der Waals surface area contributed by atoms with Gasteiger partial charge >= 0.3 is 0 Å². The molecule has 0 unspecified atom stereocenters. The summed E-state index contributed by atoms with van der Waals surface area (Å²) in [5.74, 6) is 0. The third-order valence-electron chi connectivity index (χ3n) is 4.94. The number of halogens is 2. The zero-order chi connectivity index (χ0) is 18.9. The smallest absolute Gasteiger partial charge is 0.239 e. The highest BCUT2D eigenvalue weighted by Gasteiger charge is 2.19. The summed E-state index contributed by atoms with van der Waals surface area (Å²) in [5, 5.41) is 7.07. The number of nitrogens with zero attached hydrogens (tertiary/aromatic N) is 1. The zero-order valence-electron chi connectivity index (χ0n) is 15.8. The first-order chi connectivity index (χ1) is 13.0. The molecule has 0 spiro atoms. The number of fused-ring (bicyclic) bond motifs is 1. The Hall–Kier alpha value is -1.67. The summed E-state index contributed by atoms with van der Waals surface area (Å²) in [5.41, 5.74) is 2.67. The van der Waals surface area contributed by atoms with E-state index in [0.717, 1.165) is 43.8 Å². The van der Waals surface area contributed by atoms with E-state index in [1.54, 1.807) is 6.07 Å². The number of sulfonamides is 1. The second-order valence-electron chi connectivity index (χ2n) is 6.79. The number of benzene rings is 3. The second-order valence-corrected chi connectivity index (χ2v) is 8.29. The Balaban J connectivity index is 0.00000150. The van der Waals surface area contributed by atoms with Gasteiger partial charge in [-0.25, -0.2) is 13.6 Å². The van der Waals surface area contributed by atoms with Gasteiger partial charge in [-0.05, 0) is 16.5 Å². The van der Waals surface area contributed by atoms with Crippen LogP contribution in [0, 0.1) is 0 Å². The molecule has 1 aliphatic heterocycles. The lowest BCUT2D eigenvalue weighted by molar-refractivity contribution is 0.0342. The molecule has 3 aromatic rings. The number of hydrogen-bond acceptors (Lipinski definition) is 4. The Kier molecular flexibility index (Phi) is 8.05. The summed E-state index contributed by atoms with van der Waals surface area (Å²) in [6.45, 7) is 4.27. The molecule has 0 bridgehead atoms. The molecule has 0 saturated carbocycles. The van der Waals surface area contributed by atoms with Gasteiger partial charge in [-0.2, -0.15) is 0 Å². The molecule has 1 heterocycles. The van der Waals surface area contributed by atoms with Gasteiger partial charge in [0.25, 0.3) is 0 Å². The first kappa shape index (κ1) is 23.6. The van der Waals surface area contributed by atoms with Gasteiger partial charge in [0.1, 0.15) is 0 Å². The predicted octanol–water partition coefficient (Wildman–Crippen LogP) is 3.83. The minimum absolute atomic E-state index is 0. The molecule has 156 valence electrons. The SMILES string of the molecule is Cl.Cl.NS(=O)(=O)c1c(-c2ccc(CN3CCOCC3)cc2)ccc2ccccc12. The number of primary sulfonamides is 1. The molecule has 5 nitrogen and oxygen atoms in total. The van der Waals surface area contributed by atoms with Gasteiger partial charge < -0.3 is 4.74 Å². The molecule has 0 aliphatic carbocycles. The third-order valence-corrected chi connectivity index (χ3v) is 5.95. The van der Waals surface area contributed by atoms with E-state index >= 15 is 0 Å². The fourth-order valence-electron chi connectivity index (χ4n) is 3.58. The van der Waals surface area contributed by atoms with Crippen LogP contribution in [0.25, 0.3) is 21.9 Å². The van der Waals surface area contributed by atoms with Crippen molar-refractivity contribution in [1.82, 2.24) is 4.90 Å². The highest BCUT2D eigenvalue weighted by Crippen LogP contribution is 2.33. The van der Waals surface area contributed by atoms with Crippen LogP contribution in [0.3, 0.4) is 0 Å². The maximum atomic E-state index is 12.3. The molecular formula is C21H24Cl2N2O3S. The molecule has 1 aliphatic rings. The number of ether oxygens (including phenoxy) is 1. The van der Waals surface area contributed by atoms with E-state index in [-0.39, 0.29) is 29.7 Å². The van der Waals surface area contributed by atoms with Gasteiger partial charge in [-0.3, -0.25) is 4.90 Å². The lowest BCUT2D eigenvalue weighted by atomic mass is 10.00. The van der Waals surface area contributed by atoms with Crippen LogP contribution < -0.4 is 5.14 Å². The van der Waals surface area contributed by atoms with Gasteiger partial charge in [0.05, 0.1) is 18.1 Å². The molecule has 2 N–H and O–H groups in total. The zero-order valence-corrected chi connectivity index (χ0v) is 18.2. The summed E-state index contributed by atoms with van der Waals surface area (Å²) in [6, 6.07) is 19.2. The predicted molar refractivity (Wildman–Crippen MR) is 121 cm³/mol. The fourth-order valence-corrected chi connectivity index (χ4v) is 4.57. The fraction of sp³-hybridized carbons (Fsp3) is 0.238. The standard InChI is InChI=1S/C21H22N2O3S.2ClH/c22-27(24,25)21-19-4-2-1-3-17(19)9-10-20(21)18-7-5-16(6-8-18)15-23-11-13-26-14-12-23;;/h1-10H,11-15H2,(H2,22,24,25);2*1H. The highest BCUT2D eigenvalue weighted by atomic mass is 35.5. The van der Waals surface area contributed by atoms with Crippen molar-refractivity contribution >= 4 is 45.6 Å². The molecule has 1 saturated heterocycles. The molecule has 0 atom stereocenters. The molecule has 1 fully saturated rings. The van der Waals surface area contributed by atoms with E-state index in [9.17, 15) is 8.42 Å². The van der Waals surface area contributed by atoms with Crippen molar-refractivity contribution in [2.75, 3.05) is 26.3 Å². The Morgan fingerprint density at radius 3 is 2.21 bits per heavy atom. The molecule has 8 heteroatoms. The van der Waals surface area contributed by atoms with E-state index in [2.05, 4.69) is 4.90 Å². The minimum Gasteiger partial charge on any atom is -0.379 e. The van der Waals surface area contributed by atoms with E-state index in [0.29, 0.717) is 10.9 Å². The summed E-state index contributed by atoms with van der Waals surface area (Å²) < 4.78 is 30.0. The van der Waals surface area contributed by atoms with E-state index in [4.69, 9.17) is 9.88 Å². The maximum Gasteiger partial charge on any atom is 0.239 e. The van der Waals surface area contributed by atoms with Gasteiger partial charge in [0.15, 0.2) is 0 Å². The first-order valence-corrected chi connectivity index (χ1v) is 10.5. The lowest BCUT2D eigenvalue weighted by Crippen LogP contribution is -2.35. The maximum absolute atomic E-state index is 12.3. The average molecular weight is 455 g/mol. The number of morpholine rings is 1. The van der Waals surface area contributed by atoms with Crippen molar-refractivity contribution < 1.29 is 13.2 Å². The minimum atomic E-state index is -3.86. The lowest BCUT2D eigenvalue weighted by Gasteiger charge is -2.26. The van der Waals surface area contributed by atoms with Crippen molar-refractivity contribution in [3.05, 3.63) is 66.2 Å². The van der Waals surface area contributed by atoms with E-state index in [1.165, 1.54) is 5.56 Å². The van der Waals surface area contributed by atoms with Crippen molar-refractivity contribution in [2.45, 2.75) is 11.4 Å². The number of hydrogen-bond donors (Lipinski definition) is 1. The topological polar surface area (TPSA) is 72.6 Å². The second kappa shape index (κ2) is 9.89. The van der Waals surface area contributed by atoms with Crippen LogP contribution in [-0.4, -0.2) is 39.6 Å². The molecule has 0 aromatic heterocycles. The van der Waals surface area contributed by atoms with Crippen LogP contribution in [0.2, 0.25) is 0 Å². The molecule has 4 rings (SSSR count). The van der Waals surface area contributed by atoms with Crippen molar-refractivity contribution in [3.8, 4) is 11.1 Å². The molecule has 0 amide bonds.